The Bertz CT molecular complexity index is 355. The molecule has 0 aliphatic heterocycles. The summed E-state index contributed by atoms with van der Waals surface area (Å²) in [5, 5.41) is 3.65. The average Bonchev–Trinajstić information content (AvgIpc) is 2.01. The van der Waals surface area contributed by atoms with Crippen molar-refractivity contribution in [3.63, 3.8) is 0 Å². The van der Waals surface area contributed by atoms with Crippen LogP contribution in [0.3, 0.4) is 0 Å². The number of carbonyl (C=O) groups is 1. The second-order valence-corrected chi connectivity index (χ2v) is 4.10. The third-order valence-corrected chi connectivity index (χ3v) is 2.14. The Kier molecular flexibility index (Phi) is 6.10. The van der Waals surface area contributed by atoms with Crippen molar-refractivity contribution in [2.24, 2.45) is 0 Å². The van der Waals surface area contributed by atoms with Crippen LogP contribution in [-0.4, -0.2) is 11.9 Å². The van der Waals surface area contributed by atoms with E-state index in [1.165, 1.54) is 0 Å². The average molecular weight is 266 g/mol. The molecule has 0 bridgehead atoms. The van der Waals surface area contributed by atoms with Crippen molar-refractivity contribution < 1.29 is 4.79 Å². The Labute approximate surface area is 106 Å². The van der Waals surface area contributed by atoms with Crippen LogP contribution in [-0.2, 0) is 0 Å². The zero-order chi connectivity index (χ0) is 10.7. The second-order valence-electron chi connectivity index (χ2n) is 3.25. The highest BCUT2D eigenvalue weighted by Gasteiger charge is 2.10. The zero-order valence-electron chi connectivity index (χ0n) is 8.47. The topological polar surface area (TPSA) is 29.1 Å². The molecule has 0 heterocycles. The number of hydrogen-bond donors (Lipinski definition) is 1. The van der Waals surface area contributed by atoms with Crippen LogP contribution in [0.15, 0.2) is 18.2 Å². The molecule has 15 heavy (non-hydrogen) atoms. The van der Waals surface area contributed by atoms with E-state index in [1.54, 1.807) is 18.2 Å². The predicted octanol–water partition coefficient (Wildman–Crippen LogP) is 3.24. The lowest BCUT2D eigenvalue weighted by Crippen LogP contribution is -2.30. The maximum atomic E-state index is 11.5. The summed E-state index contributed by atoms with van der Waals surface area (Å²) < 4.78 is 0. The first-order valence-corrected chi connectivity index (χ1v) is 5.02. The van der Waals surface area contributed by atoms with Gasteiger partial charge in [0.2, 0.25) is 0 Å². The summed E-state index contributed by atoms with van der Waals surface area (Å²) >= 11 is 11.6. The number of carbonyl (C=O) groups excluding carboxylic acids is 1. The van der Waals surface area contributed by atoms with Crippen LogP contribution >= 0.6 is 36.7 Å². The Hall–Kier alpha value is -0.380. The summed E-state index contributed by atoms with van der Waals surface area (Å²) in [6, 6.07) is 4.90. The second kappa shape index (κ2) is 6.26. The Morgan fingerprint density at radius 2 is 1.93 bits per heavy atom. The van der Waals surface area contributed by atoms with Gasteiger partial charge in [0.05, 0.1) is 10.6 Å². The molecular weight excluding hydrogens is 253 g/mol. The maximum Gasteiger partial charge on any atom is 0.252 e. The number of halogens is 2. The normalized spacial score (nSPS) is 9.67. The number of hydrogen-bond acceptors (Lipinski definition) is 1. The van der Waals surface area contributed by atoms with Crippen LogP contribution in [0.4, 0.5) is 0 Å². The molecule has 84 valence electrons. The number of nitrogens with one attached hydrogen (secondary N) is 1. The molecule has 5 heteroatoms. The first-order valence-electron chi connectivity index (χ1n) is 4.26. The molecule has 0 unspecified atom stereocenters. The van der Waals surface area contributed by atoms with Crippen molar-refractivity contribution in [3.05, 3.63) is 33.8 Å². The summed E-state index contributed by atoms with van der Waals surface area (Å²) in [6.07, 6.45) is 0. The van der Waals surface area contributed by atoms with Crippen molar-refractivity contribution in [2.75, 3.05) is 0 Å². The van der Waals surface area contributed by atoms with E-state index in [-0.39, 0.29) is 25.4 Å². The van der Waals surface area contributed by atoms with Gasteiger partial charge in [-0.1, -0.05) is 23.2 Å². The van der Waals surface area contributed by atoms with Gasteiger partial charge in [0.25, 0.3) is 5.91 Å². The molecule has 0 radical (unpaired) electrons. The minimum absolute atomic E-state index is 0. The summed E-state index contributed by atoms with van der Waals surface area (Å²) in [5.74, 6) is -0.179. The highest BCUT2D eigenvalue weighted by molar-refractivity contribution is 7.59. The van der Waals surface area contributed by atoms with Crippen LogP contribution in [0.25, 0.3) is 0 Å². The molecule has 1 N–H and O–H groups in total. The maximum absolute atomic E-state index is 11.5. The zero-order valence-corrected chi connectivity index (χ0v) is 11.0. The van der Waals surface area contributed by atoms with Crippen molar-refractivity contribution in [1.29, 1.82) is 0 Å². The van der Waals surface area contributed by atoms with Gasteiger partial charge in [-0.3, -0.25) is 4.79 Å². The van der Waals surface area contributed by atoms with Crippen molar-refractivity contribution in [3.8, 4) is 0 Å². The standard InChI is InChI=1S/C10H11Cl2NO.H2S/c1-6(2)13-10(14)8-4-3-7(11)5-9(8)12;/h3-6H,1-2H3,(H,13,14);1H2. The van der Waals surface area contributed by atoms with E-state index in [2.05, 4.69) is 5.32 Å². The van der Waals surface area contributed by atoms with Crippen molar-refractivity contribution >= 4 is 42.6 Å². The smallest absolute Gasteiger partial charge is 0.252 e. The number of amides is 1. The first kappa shape index (κ1) is 14.6. The van der Waals surface area contributed by atoms with Gasteiger partial charge in [-0.2, -0.15) is 13.5 Å². The quantitative estimate of drug-likeness (QED) is 0.874. The van der Waals surface area contributed by atoms with E-state index in [9.17, 15) is 4.79 Å². The van der Waals surface area contributed by atoms with E-state index in [0.717, 1.165) is 0 Å². The van der Waals surface area contributed by atoms with Crippen LogP contribution < -0.4 is 5.32 Å². The largest absolute Gasteiger partial charge is 0.350 e. The van der Waals surface area contributed by atoms with Crippen LogP contribution in [0.5, 0.6) is 0 Å². The minimum Gasteiger partial charge on any atom is -0.350 e. The van der Waals surface area contributed by atoms with Gasteiger partial charge in [-0.25, -0.2) is 0 Å². The SMILES string of the molecule is CC(C)NC(=O)c1ccc(Cl)cc1Cl.S. The number of benzene rings is 1. The van der Waals surface area contributed by atoms with Gasteiger partial charge in [-0.15, -0.1) is 0 Å². The van der Waals surface area contributed by atoms with Gasteiger partial charge in [0, 0.05) is 11.1 Å². The third-order valence-electron chi connectivity index (χ3n) is 1.60. The molecule has 0 saturated heterocycles. The number of rotatable bonds is 2. The highest BCUT2D eigenvalue weighted by Crippen LogP contribution is 2.20. The van der Waals surface area contributed by atoms with Crippen LogP contribution in [0.1, 0.15) is 24.2 Å². The van der Waals surface area contributed by atoms with Gasteiger partial charge < -0.3 is 5.32 Å². The van der Waals surface area contributed by atoms with Crippen LogP contribution in [0.2, 0.25) is 10.0 Å². The summed E-state index contributed by atoms with van der Waals surface area (Å²) in [4.78, 5) is 11.5. The van der Waals surface area contributed by atoms with Gasteiger partial charge >= 0.3 is 0 Å². The fourth-order valence-corrected chi connectivity index (χ4v) is 1.51. The summed E-state index contributed by atoms with van der Waals surface area (Å²) in [6.45, 7) is 3.78. The lowest BCUT2D eigenvalue weighted by atomic mass is 10.2. The Balaban J connectivity index is 0.00000196. The third kappa shape index (κ3) is 4.33. The van der Waals surface area contributed by atoms with Crippen molar-refractivity contribution in [1.82, 2.24) is 5.32 Å². The molecule has 0 fully saturated rings. The predicted molar refractivity (Wildman–Crippen MR) is 69.4 cm³/mol. The molecule has 0 atom stereocenters. The summed E-state index contributed by atoms with van der Waals surface area (Å²) in [7, 11) is 0. The molecule has 0 aliphatic carbocycles. The van der Waals surface area contributed by atoms with E-state index >= 15 is 0 Å². The summed E-state index contributed by atoms with van der Waals surface area (Å²) in [5.41, 5.74) is 0.449. The molecule has 1 rings (SSSR count). The van der Waals surface area contributed by atoms with E-state index in [0.29, 0.717) is 15.6 Å². The molecule has 0 aromatic heterocycles. The molecule has 2 nitrogen and oxygen atoms in total. The molecule has 1 aromatic rings. The molecule has 1 aromatic carbocycles. The van der Waals surface area contributed by atoms with Crippen LogP contribution in [0, 0.1) is 0 Å². The minimum atomic E-state index is -0.179. The van der Waals surface area contributed by atoms with Gasteiger partial charge in [0.1, 0.15) is 0 Å². The molecule has 0 aliphatic rings. The molecular formula is C10H13Cl2NOS. The monoisotopic (exact) mass is 265 g/mol. The fraction of sp³-hybridized carbons (Fsp3) is 0.300. The molecule has 0 saturated carbocycles. The molecule has 1 amide bonds. The lowest BCUT2D eigenvalue weighted by molar-refractivity contribution is 0.0943. The van der Waals surface area contributed by atoms with Crippen molar-refractivity contribution in [2.45, 2.75) is 19.9 Å². The van der Waals surface area contributed by atoms with E-state index < -0.39 is 0 Å². The first-order chi connectivity index (χ1) is 6.50. The van der Waals surface area contributed by atoms with E-state index in [4.69, 9.17) is 23.2 Å². The molecule has 0 spiro atoms. The lowest BCUT2D eigenvalue weighted by Gasteiger charge is -2.09. The fourth-order valence-electron chi connectivity index (χ4n) is 1.01. The highest BCUT2D eigenvalue weighted by atomic mass is 35.5. The van der Waals surface area contributed by atoms with Gasteiger partial charge in [-0.05, 0) is 32.0 Å². The van der Waals surface area contributed by atoms with E-state index in [1.807, 2.05) is 13.8 Å². The Morgan fingerprint density at radius 1 is 1.33 bits per heavy atom. The Morgan fingerprint density at radius 3 is 2.40 bits per heavy atom. The van der Waals surface area contributed by atoms with Gasteiger partial charge in [0.15, 0.2) is 0 Å².